The third-order valence-corrected chi connectivity index (χ3v) is 5.14. The molecule has 0 saturated carbocycles. The summed E-state index contributed by atoms with van der Waals surface area (Å²) in [5, 5.41) is 37.3. The molecule has 3 aromatic carbocycles. The molecule has 0 bridgehead atoms. The summed E-state index contributed by atoms with van der Waals surface area (Å²) in [7, 11) is 0. The first-order valence-corrected chi connectivity index (χ1v) is 10.2. The molecule has 4 N–H and O–H groups in total. The molecule has 0 fully saturated rings. The van der Waals surface area contributed by atoms with Gasteiger partial charge in [0.1, 0.15) is 11.5 Å². The lowest BCUT2D eigenvalue weighted by Crippen LogP contribution is -2.30. The molecule has 0 heterocycles. The van der Waals surface area contributed by atoms with E-state index in [1.165, 1.54) is 12.1 Å². The lowest BCUT2D eigenvalue weighted by atomic mass is 10.0. The van der Waals surface area contributed by atoms with E-state index in [1.54, 1.807) is 37.3 Å². The average molecular weight is 480 g/mol. The van der Waals surface area contributed by atoms with Gasteiger partial charge in [0.2, 0.25) is 6.29 Å². The quantitative estimate of drug-likeness (QED) is 0.310. The van der Waals surface area contributed by atoms with E-state index in [2.05, 4.69) is 0 Å². The molecule has 0 saturated heterocycles. The fourth-order valence-electron chi connectivity index (χ4n) is 3.33. The van der Waals surface area contributed by atoms with Crippen LogP contribution in [0.25, 0.3) is 0 Å². The van der Waals surface area contributed by atoms with Gasteiger partial charge in [0.15, 0.2) is 0 Å². The Kier molecular flexibility index (Phi) is 7.35. The van der Waals surface area contributed by atoms with Crippen molar-refractivity contribution < 1.29 is 49.1 Å². The number of carboxylic acids is 4. The van der Waals surface area contributed by atoms with Crippen molar-refractivity contribution >= 4 is 23.9 Å². The smallest absolute Gasteiger partial charge is 0.336 e. The van der Waals surface area contributed by atoms with Crippen molar-refractivity contribution in [1.29, 1.82) is 0 Å². The molecule has 1 unspecified atom stereocenters. The van der Waals surface area contributed by atoms with E-state index < -0.39 is 58.3 Å². The highest BCUT2D eigenvalue weighted by atomic mass is 16.7. The molecule has 1 atom stereocenters. The van der Waals surface area contributed by atoms with E-state index in [-0.39, 0.29) is 11.5 Å². The summed E-state index contributed by atoms with van der Waals surface area (Å²) < 4.78 is 11.8. The van der Waals surface area contributed by atoms with E-state index in [1.807, 2.05) is 0 Å². The second kappa shape index (κ2) is 10.4. The summed E-state index contributed by atoms with van der Waals surface area (Å²) in [4.78, 5) is 45.8. The van der Waals surface area contributed by atoms with Crippen molar-refractivity contribution in [2.24, 2.45) is 0 Å². The highest BCUT2D eigenvalue weighted by Crippen LogP contribution is 2.29. The van der Waals surface area contributed by atoms with Crippen molar-refractivity contribution in [1.82, 2.24) is 0 Å². The van der Waals surface area contributed by atoms with Gasteiger partial charge in [0.05, 0.1) is 28.2 Å². The fraction of sp³-hybridized carbons (Fsp3) is 0.120. The zero-order valence-corrected chi connectivity index (χ0v) is 18.2. The summed E-state index contributed by atoms with van der Waals surface area (Å²) in [6, 6.07) is 15.8. The van der Waals surface area contributed by atoms with Gasteiger partial charge in [-0.1, -0.05) is 37.3 Å². The molecule has 0 radical (unpaired) electrons. The summed E-state index contributed by atoms with van der Waals surface area (Å²) in [6.45, 7) is 1.76. The van der Waals surface area contributed by atoms with Gasteiger partial charge < -0.3 is 29.9 Å². The number of hydrogen-bond donors (Lipinski definition) is 4. The van der Waals surface area contributed by atoms with E-state index in [4.69, 9.17) is 9.47 Å². The SMILES string of the molecule is CC(c1ccccc1)C(Oc1ccc(C(=O)O)c(C(=O)O)c1)Oc1ccc(C(=O)O)c(C(=O)O)c1. The van der Waals surface area contributed by atoms with E-state index >= 15 is 0 Å². The summed E-state index contributed by atoms with van der Waals surface area (Å²) in [6.07, 6.45) is -1.13. The number of hydrogen-bond acceptors (Lipinski definition) is 6. The monoisotopic (exact) mass is 480 g/mol. The number of benzene rings is 3. The van der Waals surface area contributed by atoms with Crippen LogP contribution >= 0.6 is 0 Å². The Labute approximate surface area is 198 Å². The van der Waals surface area contributed by atoms with Gasteiger partial charge in [0.25, 0.3) is 0 Å². The maximum Gasteiger partial charge on any atom is 0.336 e. The van der Waals surface area contributed by atoms with Crippen molar-refractivity contribution in [3.8, 4) is 11.5 Å². The molecule has 0 amide bonds. The molecule has 180 valence electrons. The van der Waals surface area contributed by atoms with Crippen LogP contribution in [0, 0.1) is 0 Å². The van der Waals surface area contributed by atoms with Gasteiger partial charge in [-0.15, -0.1) is 0 Å². The van der Waals surface area contributed by atoms with Crippen molar-refractivity contribution in [2.45, 2.75) is 19.1 Å². The minimum Gasteiger partial charge on any atom is -0.478 e. The zero-order valence-electron chi connectivity index (χ0n) is 18.2. The average Bonchev–Trinajstić information content (AvgIpc) is 2.83. The van der Waals surface area contributed by atoms with Gasteiger partial charge in [-0.2, -0.15) is 0 Å². The molecule has 3 rings (SSSR count). The maximum absolute atomic E-state index is 11.5. The largest absolute Gasteiger partial charge is 0.478 e. The minimum absolute atomic E-state index is 0.000736. The Morgan fingerprint density at radius 1 is 0.600 bits per heavy atom. The van der Waals surface area contributed by atoms with Crippen LogP contribution in [0.15, 0.2) is 66.7 Å². The molecule has 3 aromatic rings. The molecule has 10 heteroatoms. The first kappa shape index (κ1) is 24.8. The molecule has 0 aliphatic carbocycles. The standard InChI is InChI=1S/C25H20O10/c1-13(14-5-3-2-4-6-14)25(34-15-7-9-17(21(26)27)19(11-15)23(30)31)35-16-8-10-18(22(28)29)20(12-16)24(32)33/h2-13,25H,1H3,(H,26,27)(H,28,29)(H,30,31)(H,32,33). The Hall–Kier alpha value is -4.86. The van der Waals surface area contributed by atoms with Crippen LogP contribution in [-0.2, 0) is 0 Å². The van der Waals surface area contributed by atoms with E-state index in [0.717, 1.165) is 29.8 Å². The van der Waals surface area contributed by atoms with E-state index in [0.29, 0.717) is 0 Å². The molecule has 0 aliphatic rings. The second-order valence-corrected chi connectivity index (χ2v) is 7.44. The number of carboxylic acid groups (broad SMARTS) is 4. The highest BCUT2D eigenvalue weighted by molar-refractivity contribution is 6.02. The molecular weight excluding hydrogens is 460 g/mol. The van der Waals surface area contributed by atoms with Crippen LogP contribution in [0.4, 0.5) is 0 Å². The number of ether oxygens (including phenoxy) is 2. The van der Waals surface area contributed by atoms with Gasteiger partial charge in [-0.25, -0.2) is 19.2 Å². The second-order valence-electron chi connectivity index (χ2n) is 7.44. The summed E-state index contributed by atoms with van der Waals surface area (Å²) >= 11 is 0. The fourth-order valence-corrected chi connectivity index (χ4v) is 3.33. The predicted octanol–water partition coefficient (Wildman–Crippen LogP) is 4.07. The van der Waals surface area contributed by atoms with Gasteiger partial charge >= 0.3 is 23.9 Å². The third kappa shape index (κ3) is 5.74. The first-order chi connectivity index (χ1) is 16.6. The molecule has 0 aromatic heterocycles. The summed E-state index contributed by atoms with van der Waals surface area (Å²) in [5.74, 6) is -6.23. The lowest BCUT2D eigenvalue weighted by Gasteiger charge is -2.27. The molecular formula is C25H20O10. The zero-order chi connectivity index (χ0) is 25.7. The van der Waals surface area contributed by atoms with E-state index in [9.17, 15) is 39.6 Å². The number of rotatable bonds is 10. The topological polar surface area (TPSA) is 168 Å². The maximum atomic E-state index is 11.5. The number of carbonyl (C=O) groups is 4. The van der Waals surface area contributed by atoms with Crippen molar-refractivity contribution in [2.75, 3.05) is 0 Å². The Morgan fingerprint density at radius 2 is 1.00 bits per heavy atom. The minimum atomic E-state index is -1.46. The van der Waals surface area contributed by atoms with Gasteiger partial charge in [-0.05, 0) is 42.0 Å². The van der Waals surface area contributed by atoms with Crippen LogP contribution in [0.1, 0.15) is 59.8 Å². The lowest BCUT2D eigenvalue weighted by molar-refractivity contribution is -0.0123. The molecule has 35 heavy (non-hydrogen) atoms. The van der Waals surface area contributed by atoms with Gasteiger partial charge in [0, 0.05) is 0 Å². The highest BCUT2D eigenvalue weighted by Gasteiger charge is 2.26. The summed E-state index contributed by atoms with van der Waals surface area (Å²) in [5.41, 5.74) is -1.04. The molecule has 0 aliphatic heterocycles. The molecule has 0 spiro atoms. The Morgan fingerprint density at radius 3 is 1.37 bits per heavy atom. The predicted molar refractivity (Wildman–Crippen MR) is 121 cm³/mol. The van der Waals surface area contributed by atoms with Crippen LogP contribution in [0.5, 0.6) is 11.5 Å². The normalized spacial score (nSPS) is 11.5. The number of aromatic carboxylic acids is 4. The van der Waals surface area contributed by atoms with Crippen LogP contribution in [-0.4, -0.2) is 50.6 Å². The van der Waals surface area contributed by atoms with Crippen LogP contribution in [0.2, 0.25) is 0 Å². The third-order valence-electron chi connectivity index (χ3n) is 5.14. The molecule has 10 nitrogen and oxygen atoms in total. The first-order valence-electron chi connectivity index (χ1n) is 10.2. The van der Waals surface area contributed by atoms with Crippen LogP contribution < -0.4 is 9.47 Å². The Bertz CT molecular complexity index is 1210. The Balaban J connectivity index is 2.01. The van der Waals surface area contributed by atoms with Gasteiger partial charge in [-0.3, -0.25) is 0 Å². The van der Waals surface area contributed by atoms with Crippen molar-refractivity contribution in [3.05, 3.63) is 94.5 Å². The van der Waals surface area contributed by atoms with Crippen molar-refractivity contribution in [3.63, 3.8) is 0 Å². The van der Waals surface area contributed by atoms with Crippen LogP contribution in [0.3, 0.4) is 0 Å².